The van der Waals surface area contributed by atoms with E-state index in [1.807, 2.05) is 34.9 Å². The van der Waals surface area contributed by atoms with Crippen LogP contribution in [-0.2, 0) is 6.54 Å². The molecule has 0 aliphatic carbocycles. The van der Waals surface area contributed by atoms with Gasteiger partial charge in [-0.1, -0.05) is 60.1 Å². The number of carbonyl (C=O) groups excluding carboxylic acids is 1. The molecule has 0 saturated heterocycles. The Labute approximate surface area is 165 Å². The van der Waals surface area contributed by atoms with E-state index in [4.69, 9.17) is 23.2 Å². The average molecular weight is 407 g/mol. The lowest BCUT2D eigenvalue weighted by molar-refractivity contribution is 0.0950. The van der Waals surface area contributed by atoms with E-state index >= 15 is 0 Å². The molecule has 8 heteroatoms. The first-order valence-corrected chi connectivity index (χ1v) is 9.70. The molecule has 0 saturated carbocycles. The number of carbonyl (C=O) groups is 1. The van der Waals surface area contributed by atoms with Crippen LogP contribution < -0.4 is 5.32 Å². The fourth-order valence-electron chi connectivity index (χ4n) is 2.40. The van der Waals surface area contributed by atoms with Gasteiger partial charge in [-0.25, -0.2) is 0 Å². The smallest absolute Gasteiger partial charge is 0.253 e. The third-order valence-electron chi connectivity index (χ3n) is 3.57. The van der Waals surface area contributed by atoms with E-state index in [0.29, 0.717) is 21.4 Å². The molecule has 0 aliphatic heterocycles. The average Bonchev–Trinajstić information content (AvgIpc) is 3.05. The second-order valence-corrected chi connectivity index (χ2v) is 7.38. The molecule has 1 amide bonds. The van der Waals surface area contributed by atoms with Gasteiger partial charge < -0.3 is 5.32 Å². The quantitative estimate of drug-likeness (QED) is 0.606. The fourth-order valence-corrected chi connectivity index (χ4v) is 3.47. The van der Waals surface area contributed by atoms with Crippen LogP contribution in [0.15, 0.2) is 53.7 Å². The van der Waals surface area contributed by atoms with Gasteiger partial charge in [0.2, 0.25) is 0 Å². The number of rotatable bonds is 6. The maximum atomic E-state index is 12.5. The van der Waals surface area contributed by atoms with Crippen molar-refractivity contribution >= 4 is 40.9 Å². The van der Waals surface area contributed by atoms with Gasteiger partial charge in [0.15, 0.2) is 11.0 Å². The highest BCUT2D eigenvalue weighted by atomic mass is 35.5. The third-order valence-corrected chi connectivity index (χ3v) is 4.94. The summed E-state index contributed by atoms with van der Waals surface area (Å²) in [6.45, 7) is 2.27. The van der Waals surface area contributed by atoms with Crippen molar-refractivity contribution in [3.05, 3.63) is 70.0 Å². The van der Waals surface area contributed by atoms with Gasteiger partial charge in [0.1, 0.15) is 0 Å². The third kappa shape index (κ3) is 4.20. The number of thioether (sulfide) groups is 1. The molecule has 0 bridgehead atoms. The minimum absolute atomic E-state index is 0.216. The Morgan fingerprint density at radius 3 is 2.65 bits per heavy atom. The van der Waals surface area contributed by atoms with E-state index in [1.165, 1.54) is 0 Å². The van der Waals surface area contributed by atoms with E-state index < -0.39 is 0 Å². The lowest BCUT2D eigenvalue weighted by Gasteiger charge is -2.11. The summed E-state index contributed by atoms with van der Waals surface area (Å²) >= 11 is 13.6. The largest absolute Gasteiger partial charge is 0.345 e. The van der Waals surface area contributed by atoms with E-state index in [0.717, 1.165) is 16.6 Å². The second kappa shape index (κ2) is 8.58. The molecule has 2 aromatic carbocycles. The Bertz CT molecular complexity index is 915. The Balaban J connectivity index is 1.84. The van der Waals surface area contributed by atoms with Crippen LogP contribution in [0.1, 0.15) is 23.1 Å². The molecule has 0 spiro atoms. The molecule has 1 N–H and O–H groups in total. The Kier molecular flexibility index (Phi) is 6.19. The summed E-state index contributed by atoms with van der Waals surface area (Å²) in [6, 6.07) is 14.6. The highest BCUT2D eigenvalue weighted by Crippen LogP contribution is 2.23. The molecule has 0 atom stereocenters. The van der Waals surface area contributed by atoms with Crippen molar-refractivity contribution in [2.45, 2.75) is 18.6 Å². The maximum absolute atomic E-state index is 12.5. The zero-order chi connectivity index (χ0) is 18.5. The van der Waals surface area contributed by atoms with Crippen molar-refractivity contribution < 1.29 is 4.79 Å². The molecule has 0 unspecified atom stereocenters. The minimum Gasteiger partial charge on any atom is -0.345 e. The molecule has 0 fully saturated rings. The minimum atomic E-state index is -0.315. The zero-order valence-electron chi connectivity index (χ0n) is 13.9. The fraction of sp³-hybridized carbons (Fsp3) is 0.167. The summed E-state index contributed by atoms with van der Waals surface area (Å²) in [5, 5.41) is 12.9. The summed E-state index contributed by atoms with van der Waals surface area (Å²) in [5.74, 6) is 1.19. The highest BCUT2D eigenvalue weighted by Gasteiger charge is 2.16. The van der Waals surface area contributed by atoms with Gasteiger partial charge in [0.05, 0.1) is 17.1 Å². The molecule has 5 nitrogen and oxygen atoms in total. The molecule has 3 aromatic rings. The van der Waals surface area contributed by atoms with Crippen LogP contribution in [0.25, 0.3) is 5.69 Å². The van der Waals surface area contributed by atoms with Crippen molar-refractivity contribution in [2.24, 2.45) is 0 Å². The molecule has 1 heterocycles. The van der Waals surface area contributed by atoms with Gasteiger partial charge in [0, 0.05) is 10.7 Å². The lowest BCUT2D eigenvalue weighted by Crippen LogP contribution is -2.25. The standard InChI is InChI=1S/C18H16Cl2N4OS/c1-2-26-18-23-22-16(24(18)13-6-4-3-5-7-13)11-21-17(25)14-10-12(19)8-9-15(14)20/h3-10H,2,11H2,1H3,(H,21,25). The first-order chi connectivity index (χ1) is 12.6. The number of halogens is 2. The van der Waals surface area contributed by atoms with E-state index in [-0.39, 0.29) is 12.5 Å². The summed E-state index contributed by atoms with van der Waals surface area (Å²) in [5.41, 5.74) is 1.27. The van der Waals surface area contributed by atoms with Crippen LogP contribution in [0.5, 0.6) is 0 Å². The number of aromatic nitrogens is 3. The molecular formula is C18H16Cl2N4OS. The highest BCUT2D eigenvalue weighted by molar-refractivity contribution is 7.99. The molecule has 26 heavy (non-hydrogen) atoms. The van der Waals surface area contributed by atoms with Crippen LogP contribution >= 0.6 is 35.0 Å². The first kappa shape index (κ1) is 18.8. The van der Waals surface area contributed by atoms with Gasteiger partial charge in [-0.2, -0.15) is 0 Å². The molecule has 134 valence electrons. The Morgan fingerprint density at radius 1 is 1.15 bits per heavy atom. The number of hydrogen-bond donors (Lipinski definition) is 1. The topological polar surface area (TPSA) is 59.8 Å². The van der Waals surface area contributed by atoms with Crippen molar-refractivity contribution in [3.63, 3.8) is 0 Å². The number of amides is 1. The van der Waals surface area contributed by atoms with Gasteiger partial charge in [-0.15, -0.1) is 10.2 Å². The summed E-state index contributed by atoms with van der Waals surface area (Å²) < 4.78 is 1.94. The molecular weight excluding hydrogens is 391 g/mol. The first-order valence-electron chi connectivity index (χ1n) is 7.96. The molecule has 0 aliphatic rings. The van der Waals surface area contributed by atoms with E-state index in [1.54, 1.807) is 30.0 Å². The zero-order valence-corrected chi connectivity index (χ0v) is 16.3. The predicted molar refractivity (Wildman–Crippen MR) is 105 cm³/mol. The number of para-hydroxylation sites is 1. The number of benzene rings is 2. The Hall–Kier alpha value is -2.02. The van der Waals surface area contributed by atoms with Crippen molar-refractivity contribution in [2.75, 3.05) is 5.75 Å². The van der Waals surface area contributed by atoms with E-state index in [2.05, 4.69) is 22.4 Å². The Morgan fingerprint density at radius 2 is 1.92 bits per heavy atom. The van der Waals surface area contributed by atoms with Crippen molar-refractivity contribution in [1.29, 1.82) is 0 Å². The molecule has 1 aromatic heterocycles. The van der Waals surface area contributed by atoms with Gasteiger partial charge in [-0.05, 0) is 36.1 Å². The summed E-state index contributed by atoms with van der Waals surface area (Å²) in [7, 11) is 0. The molecule has 3 rings (SSSR count). The monoisotopic (exact) mass is 406 g/mol. The van der Waals surface area contributed by atoms with Crippen LogP contribution in [0.2, 0.25) is 10.0 Å². The van der Waals surface area contributed by atoms with Gasteiger partial charge in [0.25, 0.3) is 5.91 Å². The van der Waals surface area contributed by atoms with Crippen molar-refractivity contribution in [3.8, 4) is 5.69 Å². The van der Waals surface area contributed by atoms with Crippen molar-refractivity contribution in [1.82, 2.24) is 20.1 Å². The maximum Gasteiger partial charge on any atom is 0.253 e. The lowest BCUT2D eigenvalue weighted by atomic mass is 10.2. The van der Waals surface area contributed by atoms with E-state index in [9.17, 15) is 4.79 Å². The van der Waals surface area contributed by atoms with Crippen LogP contribution in [-0.4, -0.2) is 26.4 Å². The second-order valence-electron chi connectivity index (χ2n) is 5.31. The predicted octanol–water partition coefficient (Wildman–Crippen LogP) is 4.62. The number of nitrogens with zero attached hydrogens (tertiary/aromatic N) is 3. The summed E-state index contributed by atoms with van der Waals surface area (Å²) in [4.78, 5) is 12.5. The van der Waals surface area contributed by atoms with Crippen LogP contribution in [0.4, 0.5) is 0 Å². The van der Waals surface area contributed by atoms with Crippen LogP contribution in [0, 0.1) is 0 Å². The number of nitrogens with one attached hydrogen (secondary N) is 1. The van der Waals surface area contributed by atoms with Gasteiger partial charge in [-0.3, -0.25) is 9.36 Å². The van der Waals surface area contributed by atoms with Crippen LogP contribution in [0.3, 0.4) is 0 Å². The SMILES string of the molecule is CCSc1nnc(CNC(=O)c2cc(Cl)ccc2Cl)n1-c1ccccc1. The number of hydrogen-bond acceptors (Lipinski definition) is 4. The molecule has 0 radical (unpaired) electrons. The normalized spacial score (nSPS) is 10.7. The van der Waals surface area contributed by atoms with Gasteiger partial charge >= 0.3 is 0 Å². The summed E-state index contributed by atoms with van der Waals surface area (Å²) in [6.07, 6.45) is 0.